The molecular weight excluding hydrogens is 814 g/mol. The van der Waals surface area contributed by atoms with Crippen LogP contribution in [0.4, 0.5) is 0 Å². The third-order valence-electron chi connectivity index (χ3n) is 10.9. The molecule has 0 aliphatic carbocycles. The summed E-state index contributed by atoms with van der Waals surface area (Å²) >= 11 is 1.66. The van der Waals surface area contributed by atoms with Gasteiger partial charge in [0, 0.05) is 56.0 Å². The lowest BCUT2D eigenvalue weighted by molar-refractivity contribution is 0.543. The Hall–Kier alpha value is -7.42. The van der Waals surface area contributed by atoms with E-state index in [1.807, 2.05) is 82.4 Å². The molecule has 4 aromatic heterocycles. The predicted octanol–water partition coefficient (Wildman–Crippen LogP) is 15.6. The Morgan fingerprint density at radius 2 is 1.54 bits per heavy atom. The molecule has 8 heteroatoms. The van der Waals surface area contributed by atoms with E-state index in [-0.39, 0.29) is 0 Å². The molecule has 0 saturated carbocycles. The molecule has 0 atom stereocenters. The fourth-order valence-electron chi connectivity index (χ4n) is 7.77. The maximum Gasteiger partial charge on any atom is 0.164 e. The van der Waals surface area contributed by atoms with Crippen LogP contribution in [0.3, 0.4) is 0 Å². The van der Waals surface area contributed by atoms with Crippen molar-refractivity contribution in [2.75, 3.05) is 0 Å². The standard InChI is InChI=1S/C57H56BN5OS/c1-13-22-27-39(17-5)54-60-55(62-56(61-54)43(36-58-12)28-23-14-2)41-31-32-52-49(35-41)59-57(65-52)42-29-24-30-44(33-42)63-38(11)48(37(10)50(63)26-16-4)34-40(18-6)45(19-7)53-46(20-8)47(25-15-3)51(21-9)64-53/h13-36,58H,2,5-6,8-9H2,1,3-4,7,10-12H3/b22-13-,25-15-,26-16-,28-23-,39-27+,40-34+,43-36+,45-19-. The summed E-state index contributed by atoms with van der Waals surface area (Å²) in [7, 11) is 0.815. The second-order valence-corrected chi connectivity index (χ2v) is 16.0. The van der Waals surface area contributed by atoms with Gasteiger partial charge in [-0.15, -0.1) is 17.3 Å². The Bertz CT molecular complexity index is 3070. The smallest absolute Gasteiger partial charge is 0.164 e. The van der Waals surface area contributed by atoms with E-state index in [2.05, 4.69) is 131 Å². The van der Waals surface area contributed by atoms with Gasteiger partial charge in [0.15, 0.2) is 17.5 Å². The lowest BCUT2D eigenvalue weighted by Crippen LogP contribution is -2.04. The lowest BCUT2D eigenvalue weighted by atomic mass is 9.80. The second kappa shape index (κ2) is 21.8. The first kappa shape index (κ1) is 47.1. The third-order valence-corrected chi connectivity index (χ3v) is 11.9. The van der Waals surface area contributed by atoms with Gasteiger partial charge in [0.2, 0.25) is 0 Å². The summed E-state index contributed by atoms with van der Waals surface area (Å²) in [5, 5.41) is 0.913. The molecule has 0 bridgehead atoms. The predicted molar refractivity (Wildman–Crippen MR) is 286 cm³/mol. The highest BCUT2D eigenvalue weighted by Gasteiger charge is 2.22. The average molecular weight is 870 g/mol. The molecule has 0 aliphatic rings. The van der Waals surface area contributed by atoms with Crippen molar-refractivity contribution in [2.45, 2.75) is 48.4 Å². The Morgan fingerprint density at radius 3 is 2.18 bits per heavy atom. The molecule has 2 aromatic carbocycles. The van der Waals surface area contributed by atoms with Crippen LogP contribution in [0.5, 0.6) is 0 Å². The van der Waals surface area contributed by atoms with Crippen molar-refractivity contribution in [1.29, 1.82) is 0 Å². The molecule has 65 heavy (non-hydrogen) atoms. The summed E-state index contributed by atoms with van der Waals surface area (Å²) in [6.45, 7) is 34.7. The average Bonchev–Trinajstić information content (AvgIpc) is 3.98. The van der Waals surface area contributed by atoms with Gasteiger partial charge >= 0.3 is 0 Å². The van der Waals surface area contributed by atoms with Gasteiger partial charge in [-0.05, 0) is 107 Å². The summed E-state index contributed by atoms with van der Waals surface area (Å²) in [6, 6.07) is 14.8. The maximum absolute atomic E-state index is 6.44. The molecule has 0 fully saturated rings. The topological polar surface area (TPSA) is 69.6 Å². The zero-order chi connectivity index (χ0) is 46.6. The van der Waals surface area contributed by atoms with Gasteiger partial charge in [0.1, 0.15) is 23.8 Å². The normalized spacial score (nSPS) is 13.0. The zero-order valence-electron chi connectivity index (χ0n) is 38.7. The quantitative estimate of drug-likeness (QED) is 0.0636. The lowest BCUT2D eigenvalue weighted by Gasteiger charge is -2.12. The monoisotopic (exact) mass is 869 g/mol. The van der Waals surface area contributed by atoms with Crippen LogP contribution in [0.1, 0.15) is 84.5 Å². The van der Waals surface area contributed by atoms with Gasteiger partial charge in [0.05, 0.1) is 10.2 Å². The van der Waals surface area contributed by atoms with Crippen molar-refractivity contribution < 1.29 is 4.42 Å². The number of fused-ring (bicyclic) bond motifs is 1. The van der Waals surface area contributed by atoms with Crippen LogP contribution < -0.4 is 0 Å². The van der Waals surface area contributed by atoms with Crippen molar-refractivity contribution in [3.05, 3.63) is 211 Å². The fourth-order valence-corrected chi connectivity index (χ4v) is 8.71. The van der Waals surface area contributed by atoms with Crippen molar-refractivity contribution >= 4 is 75.9 Å². The highest BCUT2D eigenvalue weighted by atomic mass is 32.1. The molecule has 6 rings (SSSR count). The molecule has 0 amide bonds. The minimum Gasteiger partial charge on any atom is -0.455 e. The highest BCUT2D eigenvalue weighted by Crippen LogP contribution is 2.39. The van der Waals surface area contributed by atoms with Gasteiger partial charge in [-0.2, -0.15) is 0 Å². The van der Waals surface area contributed by atoms with Crippen LogP contribution in [0.2, 0.25) is 6.82 Å². The van der Waals surface area contributed by atoms with Gasteiger partial charge in [0.25, 0.3) is 0 Å². The van der Waals surface area contributed by atoms with Crippen LogP contribution in [0.15, 0.2) is 158 Å². The fraction of sp³-hybridized carbons (Fsp3) is 0.123. The molecular formula is C57H56BN5OS. The number of allylic oxidation sites excluding steroid dienone is 15. The van der Waals surface area contributed by atoms with E-state index in [1.54, 1.807) is 29.6 Å². The minimum absolute atomic E-state index is 0.539. The molecule has 324 valence electrons. The van der Waals surface area contributed by atoms with Crippen molar-refractivity contribution in [1.82, 2.24) is 24.5 Å². The third kappa shape index (κ3) is 9.89. The number of rotatable bonds is 18. The van der Waals surface area contributed by atoms with Gasteiger partial charge in [-0.3, -0.25) is 0 Å². The van der Waals surface area contributed by atoms with Crippen LogP contribution in [-0.4, -0.2) is 31.8 Å². The molecule has 0 radical (unpaired) electrons. The van der Waals surface area contributed by atoms with Crippen LogP contribution in [0, 0.1) is 13.8 Å². The molecule has 0 unspecified atom stereocenters. The first-order valence-electron chi connectivity index (χ1n) is 21.8. The van der Waals surface area contributed by atoms with E-state index in [1.165, 1.54) is 0 Å². The second-order valence-electron chi connectivity index (χ2n) is 15.0. The molecule has 0 spiro atoms. The number of hydrogen-bond donors (Lipinski definition) is 0. The first-order valence-corrected chi connectivity index (χ1v) is 22.6. The van der Waals surface area contributed by atoms with Crippen molar-refractivity contribution in [3.8, 4) is 27.6 Å². The van der Waals surface area contributed by atoms with Gasteiger partial charge in [-0.1, -0.05) is 131 Å². The van der Waals surface area contributed by atoms with Crippen LogP contribution >= 0.6 is 11.3 Å². The molecule has 0 saturated heterocycles. The van der Waals surface area contributed by atoms with E-state index in [0.29, 0.717) is 23.2 Å². The van der Waals surface area contributed by atoms with Gasteiger partial charge in [-0.25, -0.2) is 19.9 Å². The summed E-state index contributed by atoms with van der Waals surface area (Å²) in [5.41, 5.74) is 13.6. The Balaban J connectivity index is 1.44. The molecule has 4 heterocycles. The summed E-state index contributed by atoms with van der Waals surface area (Å²) in [6.07, 6.45) is 31.3. The number of benzene rings is 2. The molecule has 0 N–H and O–H groups in total. The number of furan rings is 1. The largest absolute Gasteiger partial charge is 0.455 e. The van der Waals surface area contributed by atoms with Crippen molar-refractivity contribution in [3.63, 3.8) is 0 Å². The minimum atomic E-state index is 0.539. The first-order chi connectivity index (χ1) is 31.6. The van der Waals surface area contributed by atoms with E-state index in [0.717, 1.165) is 101 Å². The van der Waals surface area contributed by atoms with Crippen LogP contribution in [-0.2, 0) is 0 Å². The number of hydrogen-bond acceptors (Lipinski definition) is 6. The van der Waals surface area contributed by atoms with E-state index in [9.17, 15) is 0 Å². The van der Waals surface area contributed by atoms with Gasteiger partial charge < -0.3 is 8.98 Å². The SMILES string of the molecule is C=C/C=C\C(=C/BC)c1nc(/C(C=C)=C/C=C\C)nc(-c2ccc3sc(-c4cccc(-n5c(C)c(/C=C(C=C)/C(=C/C)c6oc(C=C)c(/C=C\C)c6C=C)c(C)c5/C=C\C)c4)nc3c2)n1. The van der Waals surface area contributed by atoms with E-state index >= 15 is 0 Å². The Morgan fingerprint density at radius 1 is 0.769 bits per heavy atom. The number of thiazole rings is 1. The number of nitrogens with zero attached hydrogens (tertiary/aromatic N) is 5. The number of aromatic nitrogens is 5. The van der Waals surface area contributed by atoms with E-state index < -0.39 is 0 Å². The molecule has 0 aliphatic heterocycles. The summed E-state index contributed by atoms with van der Waals surface area (Å²) in [5.74, 6) is 5.20. The molecule has 6 aromatic rings. The molecule has 6 nitrogen and oxygen atoms in total. The Labute approximate surface area is 389 Å². The highest BCUT2D eigenvalue weighted by molar-refractivity contribution is 7.21. The zero-order valence-corrected chi connectivity index (χ0v) is 39.5. The van der Waals surface area contributed by atoms with E-state index in [4.69, 9.17) is 24.4 Å². The Kier molecular flexibility index (Phi) is 15.8. The maximum atomic E-state index is 6.44. The van der Waals surface area contributed by atoms with Crippen LogP contribution in [0.25, 0.3) is 85.0 Å². The van der Waals surface area contributed by atoms with Crippen molar-refractivity contribution in [2.24, 2.45) is 0 Å². The summed E-state index contributed by atoms with van der Waals surface area (Å²) < 4.78 is 9.81. The summed E-state index contributed by atoms with van der Waals surface area (Å²) in [4.78, 5) is 20.0.